The average Bonchev–Trinajstić information content (AvgIpc) is 3.00. The van der Waals surface area contributed by atoms with Gasteiger partial charge in [-0.3, -0.25) is 9.52 Å². The summed E-state index contributed by atoms with van der Waals surface area (Å²) in [6, 6.07) is 6.93. The number of amides is 1. The summed E-state index contributed by atoms with van der Waals surface area (Å²) in [5.74, 6) is 0.531. The van der Waals surface area contributed by atoms with Crippen molar-refractivity contribution in [3.05, 3.63) is 24.3 Å². The fourth-order valence-electron chi connectivity index (χ4n) is 4.11. The van der Waals surface area contributed by atoms with Crippen LogP contribution in [0.5, 0.6) is 0 Å². The number of nitrogens with one attached hydrogen (secondary N) is 3. The molecule has 138 valence electrons. The highest BCUT2D eigenvalue weighted by Crippen LogP contribution is 2.44. The molecule has 0 spiro atoms. The van der Waals surface area contributed by atoms with Gasteiger partial charge in [-0.15, -0.1) is 0 Å². The van der Waals surface area contributed by atoms with Crippen LogP contribution in [0.25, 0.3) is 0 Å². The van der Waals surface area contributed by atoms with Gasteiger partial charge in [0.15, 0.2) is 0 Å². The molecule has 2 atom stereocenters. The van der Waals surface area contributed by atoms with E-state index in [1.807, 2.05) is 6.92 Å². The van der Waals surface area contributed by atoms with Crippen LogP contribution >= 0.6 is 0 Å². The maximum atomic E-state index is 13.0. The maximum Gasteiger partial charge on any atom is 0.232 e. The molecule has 1 aliphatic heterocycles. The Hall–Kier alpha value is -1.60. The van der Waals surface area contributed by atoms with Crippen LogP contribution in [0.2, 0.25) is 0 Å². The van der Waals surface area contributed by atoms with Crippen molar-refractivity contribution < 1.29 is 13.2 Å². The number of fused-ring (bicyclic) bond motifs is 1. The summed E-state index contributed by atoms with van der Waals surface area (Å²) in [6.45, 7) is 3.46. The van der Waals surface area contributed by atoms with Crippen LogP contribution in [0.3, 0.4) is 0 Å². The minimum absolute atomic E-state index is 0.0516. The van der Waals surface area contributed by atoms with Crippen molar-refractivity contribution in [3.8, 4) is 0 Å². The summed E-state index contributed by atoms with van der Waals surface area (Å²) in [7, 11) is -3.34. The van der Waals surface area contributed by atoms with Gasteiger partial charge in [0.25, 0.3) is 0 Å². The van der Waals surface area contributed by atoms with Crippen LogP contribution in [0.4, 0.5) is 11.4 Å². The van der Waals surface area contributed by atoms with Crippen LogP contribution < -0.4 is 15.4 Å². The summed E-state index contributed by atoms with van der Waals surface area (Å²) in [4.78, 5) is 13.0. The lowest BCUT2D eigenvalue weighted by molar-refractivity contribution is -0.128. The molecule has 0 bridgehead atoms. The van der Waals surface area contributed by atoms with Crippen LogP contribution in [0.15, 0.2) is 24.3 Å². The summed E-state index contributed by atoms with van der Waals surface area (Å²) in [5, 5.41) is 6.39. The Morgan fingerprint density at radius 2 is 2.12 bits per heavy atom. The second kappa shape index (κ2) is 7.33. The first-order valence-corrected chi connectivity index (χ1v) is 10.7. The number of sulfonamides is 1. The van der Waals surface area contributed by atoms with Crippen LogP contribution in [0.1, 0.15) is 39.0 Å². The summed E-state index contributed by atoms with van der Waals surface area (Å²) >= 11 is 0. The predicted molar refractivity (Wildman–Crippen MR) is 100 cm³/mol. The van der Waals surface area contributed by atoms with E-state index in [1.165, 1.54) is 6.42 Å². The zero-order valence-corrected chi connectivity index (χ0v) is 15.5. The fourth-order valence-corrected chi connectivity index (χ4v) is 5.23. The highest BCUT2D eigenvalue weighted by atomic mass is 32.2. The van der Waals surface area contributed by atoms with Gasteiger partial charge in [-0.05, 0) is 49.9 Å². The average molecular weight is 365 g/mol. The van der Waals surface area contributed by atoms with Crippen LogP contribution in [0, 0.1) is 11.3 Å². The molecule has 0 unspecified atom stereocenters. The van der Waals surface area contributed by atoms with E-state index in [4.69, 9.17) is 0 Å². The van der Waals surface area contributed by atoms with E-state index in [9.17, 15) is 13.2 Å². The van der Waals surface area contributed by atoms with E-state index in [0.717, 1.165) is 32.4 Å². The van der Waals surface area contributed by atoms with Gasteiger partial charge in [0.2, 0.25) is 15.9 Å². The first kappa shape index (κ1) is 18.2. The number of anilines is 2. The first-order chi connectivity index (χ1) is 12.0. The van der Waals surface area contributed by atoms with Gasteiger partial charge in [-0.1, -0.05) is 25.8 Å². The molecule has 1 amide bonds. The second-order valence-electron chi connectivity index (χ2n) is 7.19. The van der Waals surface area contributed by atoms with E-state index < -0.39 is 10.0 Å². The first-order valence-electron chi connectivity index (χ1n) is 9.08. The maximum absolute atomic E-state index is 13.0. The third kappa shape index (κ3) is 3.98. The Bertz CT molecular complexity index is 735. The van der Waals surface area contributed by atoms with Crippen molar-refractivity contribution in [2.24, 2.45) is 11.3 Å². The Kier molecular flexibility index (Phi) is 5.34. The van der Waals surface area contributed by atoms with Crippen molar-refractivity contribution in [1.82, 2.24) is 5.32 Å². The third-order valence-electron chi connectivity index (χ3n) is 5.36. The van der Waals surface area contributed by atoms with Crippen molar-refractivity contribution in [1.29, 1.82) is 0 Å². The molecule has 1 aliphatic carbocycles. The zero-order chi connectivity index (χ0) is 17.9. The Morgan fingerprint density at radius 1 is 1.32 bits per heavy atom. The summed E-state index contributed by atoms with van der Waals surface area (Å²) in [5.41, 5.74) is 0.788. The number of hydrogen-bond donors (Lipinski definition) is 3. The molecule has 7 heteroatoms. The highest BCUT2D eigenvalue weighted by Gasteiger charge is 2.49. The molecule has 1 saturated carbocycles. The second-order valence-corrected chi connectivity index (χ2v) is 9.03. The van der Waals surface area contributed by atoms with E-state index in [2.05, 4.69) is 15.4 Å². The van der Waals surface area contributed by atoms with Gasteiger partial charge in [0.1, 0.15) is 0 Å². The lowest BCUT2D eigenvalue weighted by atomic mass is 9.67. The van der Waals surface area contributed by atoms with Crippen molar-refractivity contribution in [2.75, 3.05) is 28.9 Å². The van der Waals surface area contributed by atoms with Gasteiger partial charge in [-0.25, -0.2) is 8.42 Å². The van der Waals surface area contributed by atoms with Gasteiger partial charge >= 0.3 is 0 Å². The van der Waals surface area contributed by atoms with E-state index >= 15 is 0 Å². The number of rotatable bonds is 6. The molecule has 2 fully saturated rings. The standard InChI is InChI=1S/C18H27N3O3S/c1-2-10-25(23,24)21-16-8-5-7-15(11-16)20-17(22)18-9-4-3-6-14(18)12-19-13-18/h5,7-8,11,14,19,21H,2-4,6,9-10,12-13H2,1H3,(H,20,22)/t14-,18+/m0/s1. The molecule has 25 heavy (non-hydrogen) atoms. The molecule has 0 radical (unpaired) electrons. The van der Waals surface area contributed by atoms with E-state index in [-0.39, 0.29) is 17.1 Å². The Balaban J connectivity index is 1.73. The molecule has 1 heterocycles. The molecular weight excluding hydrogens is 338 g/mol. The molecule has 1 aromatic rings. The summed E-state index contributed by atoms with van der Waals surface area (Å²) < 4.78 is 26.4. The number of carbonyl (C=O) groups is 1. The van der Waals surface area contributed by atoms with Crippen molar-refractivity contribution >= 4 is 27.3 Å². The number of carbonyl (C=O) groups excluding carboxylic acids is 1. The lowest BCUT2D eigenvalue weighted by Crippen LogP contribution is -2.44. The van der Waals surface area contributed by atoms with Crippen molar-refractivity contribution in [3.63, 3.8) is 0 Å². The number of benzene rings is 1. The summed E-state index contributed by atoms with van der Waals surface area (Å²) in [6.07, 6.45) is 4.85. The lowest BCUT2D eigenvalue weighted by Gasteiger charge is -2.37. The number of hydrogen-bond acceptors (Lipinski definition) is 4. The molecule has 0 aromatic heterocycles. The third-order valence-corrected chi connectivity index (χ3v) is 6.85. The van der Waals surface area contributed by atoms with Gasteiger partial charge < -0.3 is 10.6 Å². The molecular formula is C18H27N3O3S. The quantitative estimate of drug-likeness (QED) is 0.723. The van der Waals surface area contributed by atoms with E-state index in [0.29, 0.717) is 23.7 Å². The molecule has 6 nitrogen and oxygen atoms in total. The monoisotopic (exact) mass is 365 g/mol. The van der Waals surface area contributed by atoms with Crippen LogP contribution in [-0.2, 0) is 14.8 Å². The Morgan fingerprint density at radius 3 is 2.92 bits per heavy atom. The zero-order valence-electron chi connectivity index (χ0n) is 14.7. The van der Waals surface area contributed by atoms with Gasteiger partial charge in [0.05, 0.1) is 16.9 Å². The molecule has 3 rings (SSSR count). The predicted octanol–water partition coefficient (Wildman–Crippen LogP) is 2.56. The SMILES string of the molecule is CCCS(=O)(=O)Nc1cccc(NC(=O)[C@@]23CCCC[C@H]2CNC3)c1. The fraction of sp³-hybridized carbons (Fsp3) is 0.611. The topological polar surface area (TPSA) is 87.3 Å². The van der Waals surface area contributed by atoms with Gasteiger partial charge in [0, 0.05) is 12.2 Å². The highest BCUT2D eigenvalue weighted by molar-refractivity contribution is 7.92. The molecule has 1 aromatic carbocycles. The molecule has 3 N–H and O–H groups in total. The van der Waals surface area contributed by atoms with Gasteiger partial charge in [-0.2, -0.15) is 0 Å². The Labute approximate surface area is 149 Å². The minimum Gasteiger partial charge on any atom is -0.325 e. The smallest absolute Gasteiger partial charge is 0.232 e. The van der Waals surface area contributed by atoms with Crippen LogP contribution in [-0.4, -0.2) is 33.2 Å². The van der Waals surface area contributed by atoms with E-state index in [1.54, 1.807) is 24.3 Å². The van der Waals surface area contributed by atoms with Crippen molar-refractivity contribution in [2.45, 2.75) is 39.0 Å². The minimum atomic E-state index is -3.34. The largest absolute Gasteiger partial charge is 0.325 e. The molecule has 1 saturated heterocycles. The normalized spacial score (nSPS) is 26.0. The molecule has 2 aliphatic rings.